The molecule has 36 heavy (non-hydrogen) atoms. The van der Waals surface area contributed by atoms with E-state index in [1.165, 1.54) is 23.9 Å². The maximum Gasteiger partial charge on any atom is 0.269 e. The first kappa shape index (κ1) is 25.0. The fourth-order valence-corrected chi connectivity index (χ4v) is 4.75. The molecule has 4 rings (SSSR count). The van der Waals surface area contributed by atoms with E-state index in [0.29, 0.717) is 27.9 Å². The molecule has 1 heterocycles. The monoisotopic (exact) mass is 502 g/mol. The number of allylic oxidation sites excluding steroid dienone is 1. The number of nitrogens with one attached hydrogen (secondary N) is 2. The van der Waals surface area contributed by atoms with E-state index in [1.807, 2.05) is 62.4 Å². The predicted molar refractivity (Wildman–Crippen MR) is 143 cm³/mol. The molecule has 184 valence electrons. The number of nitro benzene ring substituents is 1. The van der Waals surface area contributed by atoms with Gasteiger partial charge in [-0.15, -0.1) is 0 Å². The number of methoxy groups -OCH3 is 1. The van der Waals surface area contributed by atoms with Crippen molar-refractivity contribution in [2.24, 2.45) is 4.99 Å². The molecule has 0 spiro atoms. The summed E-state index contributed by atoms with van der Waals surface area (Å²) in [5.41, 5.74) is 4.73. The van der Waals surface area contributed by atoms with Gasteiger partial charge in [-0.3, -0.25) is 14.9 Å². The third kappa shape index (κ3) is 5.75. The summed E-state index contributed by atoms with van der Waals surface area (Å²) in [6, 6.07) is 21.0. The zero-order chi connectivity index (χ0) is 25.7. The minimum Gasteiger partial charge on any atom is -0.496 e. The number of aryl methyl sites for hydroxylation is 1. The molecule has 1 atom stereocenters. The van der Waals surface area contributed by atoms with Crippen LogP contribution in [0.4, 0.5) is 11.4 Å². The maximum absolute atomic E-state index is 13.4. The van der Waals surface area contributed by atoms with Crippen molar-refractivity contribution in [1.29, 1.82) is 0 Å². The Kier molecular flexibility index (Phi) is 7.70. The normalized spacial score (nSPS) is 15.1. The predicted octanol–water partition coefficient (Wildman–Crippen LogP) is 5.76. The van der Waals surface area contributed by atoms with E-state index < -0.39 is 11.0 Å². The van der Waals surface area contributed by atoms with Crippen LogP contribution in [0.1, 0.15) is 29.7 Å². The smallest absolute Gasteiger partial charge is 0.269 e. The van der Waals surface area contributed by atoms with Crippen LogP contribution in [0.15, 0.2) is 89.1 Å². The zero-order valence-electron chi connectivity index (χ0n) is 20.1. The lowest BCUT2D eigenvalue weighted by Gasteiger charge is -2.27. The van der Waals surface area contributed by atoms with Gasteiger partial charge < -0.3 is 15.4 Å². The highest BCUT2D eigenvalue weighted by molar-refractivity contribution is 8.13. The number of hydrogen-bond acceptors (Lipinski definition) is 7. The average molecular weight is 503 g/mol. The molecule has 0 radical (unpaired) electrons. The third-order valence-corrected chi connectivity index (χ3v) is 6.72. The van der Waals surface area contributed by atoms with Crippen LogP contribution in [0.3, 0.4) is 0 Å². The van der Waals surface area contributed by atoms with Crippen molar-refractivity contribution in [3.8, 4) is 5.75 Å². The number of anilines is 1. The highest BCUT2D eigenvalue weighted by atomic mass is 32.2. The summed E-state index contributed by atoms with van der Waals surface area (Å²) in [7, 11) is 1.62. The Morgan fingerprint density at radius 2 is 1.83 bits per heavy atom. The largest absolute Gasteiger partial charge is 0.496 e. The quantitative estimate of drug-likeness (QED) is 0.314. The first-order chi connectivity index (χ1) is 17.4. The molecule has 0 aliphatic carbocycles. The summed E-state index contributed by atoms with van der Waals surface area (Å²) in [6.45, 7) is 3.82. The molecule has 0 saturated carbocycles. The van der Waals surface area contributed by atoms with Crippen molar-refractivity contribution in [2.45, 2.75) is 25.6 Å². The zero-order valence-corrected chi connectivity index (χ0v) is 21.0. The van der Waals surface area contributed by atoms with Crippen LogP contribution in [-0.2, 0) is 10.5 Å². The summed E-state index contributed by atoms with van der Waals surface area (Å²) in [6.07, 6.45) is 0. The molecule has 1 aliphatic rings. The number of hydrogen-bond donors (Lipinski definition) is 2. The van der Waals surface area contributed by atoms with E-state index in [9.17, 15) is 14.9 Å². The van der Waals surface area contributed by atoms with Crippen LogP contribution in [0, 0.1) is 17.0 Å². The topological polar surface area (TPSA) is 106 Å². The second kappa shape index (κ2) is 11.1. The lowest BCUT2D eigenvalue weighted by molar-refractivity contribution is -0.384. The van der Waals surface area contributed by atoms with Gasteiger partial charge in [-0.05, 0) is 48.7 Å². The highest BCUT2D eigenvalue weighted by Gasteiger charge is 2.30. The van der Waals surface area contributed by atoms with Crippen LogP contribution in [-0.4, -0.2) is 23.1 Å². The number of amides is 1. The molecule has 1 amide bonds. The number of ether oxygens (including phenoxy) is 1. The molecule has 0 unspecified atom stereocenters. The van der Waals surface area contributed by atoms with Crippen LogP contribution < -0.4 is 15.4 Å². The second-order valence-corrected chi connectivity index (χ2v) is 9.23. The third-order valence-electron chi connectivity index (χ3n) is 5.77. The first-order valence-electron chi connectivity index (χ1n) is 11.3. The van der Waals surface area contributed by atoms with Gasteiger partial charge in [0.1, 0.15) is 11.8 Å². The number of amidine groups is 1. The number of rotatable bonds is 7. The Morgan fingerprint density at radius 3 is 2.50 bits per heavy atom. The molecule has 2 N–H and O–H groups in total. The molecule has 0 saturated heterocycles. The van der Waals surface area contributed by atoms with Crippen molar-refractivity contribution in [2.75, 3.05) is 12.4 Å². The average Bonchev–Trinajstić information content (AvgIpc) is 2.88. The van der Waals surface area contributed by atoms with Gasteiger partial charge in [0.15, 0.2) is 5.17 Å². The van der Waals surface area contributed by atoms with E-state index in [2.05, 4.69) is 10.6 Å². The van der Waals surface area contributed by atoms with Gasteiger partial charge in [0, 0.05) is 29.3 Å². The molecule has 3 aromatic rings. The summed E-state index contributed by atoms with van der Waals surface area (Å²) in [4.78, 5) is 28.8. The maximum atomic E-state index is 13.4. The number of benzene rings is 3. The fourth-order valence-electron chi connectivity index (χ4n) is 3.85. The van der Waals surface area contributed by atoms with Crippen LogP contribution in [0.25, 0.3) is 0 Å². The molecule has 1 aliphatic heterocycles. The standard InChI is InChI=1S/C27H26N4O4S/c1-17-9-12-20(15-23(17)35-3)25-24(26(32)29-21-7-5-4-6-8-21)18(2)28-27(30-25)36-16-19-10-13-22(14-11-19)31(33)34/h4-15,25H,16H2,1-3H3,(H,28,30)(H,29,32)/t25-/m0/s1. The van der Waals surface area contributed by atoms with Crippen molar-refractivity contribution in [3.05, 3.63) is 111 Å². The number of nitro groups is 1. The molecule has 8 nitrogen and oxygen atoms in total. The number of aliphatic imine (C=N–C) groups is 1. The second-order valence-electron chi connectivity index (χ2n) is 8.26. The molecule has 9 heteroatoms. The number of nitrogens with zero attached hydrogens (tertiary/aromatic N) is 2. The fraction of sp³-hybridized carbons (Fsp3) is 0.185. The lowest BCUT2D eigenvalue weighted by atomic mass is 9.94. The molecular formula is C27H26N4O4S. The molecule has 0 fully saturated rings. The van der Waals surface area contributed by atoms with Gasteiger partial charge in [0.05, 0.1) is 17.6 Å². The SMILES string of the molecule is COc1cc([C@@H]2N=C(SCc3ccc([N+](=O)[O-])cc3)NC(C)=C2C(=O)Nc2ccccc2)ccc1C. The van der Waals surface area contributed by atoms with E-state index in [1.54, 1.807) is 19.2 Å². The first-order valence-corrected chi connectivity index (χ1v) is 12.3. The van der Waals surface area contributed by atoms with Crippen LogP contribution in [0.2, 0.25) is 0 Å². The van der Waals surface area contributed by atoms with Gasteiger partial charge in [0.2, 0.25) is 0 Å². The summed E-state index contributed by atoms with van der Waals surface area (Å²) < 4.78 is 5.52. The van der Waals surface area contributed by atoms with E-state index in [4.69, 9.17) is 9.73 Å². The Labute approximate surface area is 213 Å². The Morgan fingerprint density at radius 1 is 1.11 bits per heavy atom. The lowest BCUT2D eigenvalue weighted by Crippen LogP contribution is -2.32. The Bertz CT molecular complexity index is 1340. The van der Waals surface area contributed by atoms with Crippen LogP contribution in [0.5, 0.6) is 5.75 Å². The minimum atomic E-state index is -0.538. The summed E-state index contributed by atoms with van der Waals surface area (Å²) >= 11 is 1.47. The molecule has 0 bridgehead atoms. The number of para-hydroxylation sites is 1. The van der Waals surface area contributed by atoms with Gasteiger partial charge in [0.25, 0.3) is 11.6 Å². The van der Waals surface area contributed by atoms with E-state index in [0.717, 1.165) is 22.4 Å². The molecule has 0 aromatic heterocycles. The number of non-ortho nitro benzene ring substituents is 1. The highest BCUT2D eigenvalue weighted by Crippen LogP contribution is 2.35. The molecule has 3 aromatic carbocycles. The molecular weight excluding hydrogens is 476 g/mol. The van der Waals surface area contributed by atoms with Gasteiger partial charge in [-0.1, -0.05) is 54.2 Å². The Balaban J connectivity index is 1.62. The number of thioether (sulfide) groups is 1. The minimum absolute atomic E-state index is 0.0538. The number of carbonyl (C=O) groups excluding carboxylic acids is 1. The summed E-state index contributed by atoms with van der Waals surface area (Å²) in [5.74, 6) is 1.05. The van der Waals surface area contributed by atoms with Crippen molar-refractivity contribution >= 4 is 34.2 Å². The van der Waals surface area contributed by atoms with Crippen LogP contribution >= 0.6 is 11.8 Å². The van der Waals surface area contributed by atoms with Crippen molar-refractivity contribution in [3.63, 3.8) is 0 Å². The van der Waals surface area contributed by atoms with E-state index in [-0.39, 0.29) is 11.6 Å². The van der Waals surface area contributed by atoms with Gasteiger partial charge >= 0.3 is 0 Å². The van der Waals surface area contributed by atoms with E-state index >= 15 is 0 Å². The Hall–Kier alpha value is -4.11. The van der Waals surface area contributed by atoms with Gasteiger partial charge in [-0.25, -0.2) is 4.99 Å². The number of carbonyl (C=O) groups is 1. The van der Waals surface area contributed by atoms with Gasteiger partial charge in [-0.2, -0.15) is 0 Å². The van der Waals surface area contributed by atoms with Crippen molar-refractivity contribution in [1.82, 2.24) is 5.32 Å². The summed E-state index contributed by atoms with van der Waals surface area (Å²) in [5, 5.41) is 17.8. The van der Waals surface area contributed by atoms with Crippen molar-refractivity contribution < 1.29 is 14.5 Å².